The molecule has 0 spiro atoms. The van der Waals surface area contributed by atoms with Crippen molar-refractivity contribution in [3.63, 3.8) is 0 Å². The van der Waals surface area contributed by atoms with Gasteiger partial charge in [-0.25, -0.2) is 0 Å². The van der Waals surface area contributed by atoms with Crippen molar-refractivity contribution in [2.75, 3.05) is 39.6 Å². The molecule has 2 saturated heterocycles. The number of aliphatic hydroxyl groups is 1. The van der Waals surface area contributed by atoms with Crippen molar-refractivity contribution in [2.24, 2.45) is 0 Å². The molecule has 9 nitrogen and oxygen atoms in total. The fourth-order valence-corrected chi connectivity index (χ4v) is 5.50. The van der Waals surface area contributed by atoms with E-state index in [-0.39, 0.29) is 30.8 Å². The van der Waals surface area contributed by atoms with Gasteiger partial charge in [0.05, 0.1) is 25.4 Å². The third kappa shape index (κ3) is 10.8. The highest BCUT2D eigenvalue weighted by atomic mass is 16.7. The van der Waals surface area contributed by atoms with E-state index < -0.39 is 30.6 Å². The maximum atomic E-state index is 12.5. The molecule has 2 fully saturated rings. The molecule has 8 atom stereocenters. The number of carbonyl (C=O) groups excluding carboxylic acids is 1. The maximum absolute atomic E-state index is 12.5. The van der Waals surface area contributed by atoms with Crippen LogP contribution in [0.2, 0.25) is 0 Å². The monoisotopic (exact) mass is 573 g/mol. The highest BCUT2D eigenvalue weighted by Gasteiger charge is 2.50. The first-order chi connectivity index (χ1) is 19.4. The van der Waals surface area contributed by atoms with Crippen LogP contribution in [0.4, 0.5) is 0 Å². The minimum Gasteiger partial charge on any atom is -0.391 e. The van der Waals surface area contributed by atoms with Crippen LogP contribution in [0.15, 0.2) is 0 Å². The number of unbranched alkanes of at least 4 members (excludes halogenated alkanes) is 4. The molecule has 2 aliphatic heterocycles. The predicted molar refractivity (Wildman–Crippen MR) is 155 cm³/mol. The van der Waals surface area contributed by atoms with Crippen LogP contribution in [0.5, 0.6) is 0 Å². The Kier molecular flexibility index (Phi) is 17.8. The topological polar surface area (TPSA) is 95.9 Å². The smallest absolute Gasteiger partial charge is 0.220 e. The maximum Gasteiger partial charge on any atom is 0.220 e. The summed E-state index contributed by atoms with van der Waals surface area (Å²) in [6.07, 6.45) is 6.20. The van der Waals surface area contributed by atoms with Gasteiger partial charge in [-0.15, -0.1) is 0 Å². The molecule has 0 aliphatic carbocycles. The van der Waals surface area contributed by atoms with Crippen LogP contribution in [-0.2, 0) is 33.2 Å². The SMILES string of the molecule is CCCCOCC1OC(OC[C@H]2[C@H](O)C[C@H](CC)N2C(C)=O)[C@@H](OCCCC)C(OCCCC)C1OCCCC. The summed E-state index contributed by atoms with van der Waals surface area (Å²) in [4.78, 5) is 14.3. The molecule has 0 bridgehead atoms. The lowest BCUT2D eigenvalue weighted by molar-refractivity contribution is -0.325. The van der Waals surface area contributed by atoms with E-state index in [2.05, 4.69) is 27.7 Å². The van der Waals surface area contributed by atoms with Crippen LogP contribution in [0, 0.1) is 0 Å². The summed E-state index contributed by atoms with van der Waals surface area (Å²) in [7, 11) is 0. The Bertz CT molecular complexity index is 667. The molecular formula is C31H59NO8. The largest absolute Gasteiger partial charge is 0.391 e. The van der Waals surface area contributed by atoms with Gasteiger partial charge in [0.1, 0.15) is 24.4 Å². The van der Waals surface area contributed by atoms with E-state index in [0.717, 1.165) is 57.8 Å². The molecule has 0 radical (unpaired) electrons. The predicted octanol–water partition coefficient (Wildman–Crippen LogP) is 4.86. The molecule has 0 aromatic rings. The van der Waals surface area contributed by atoms with Crippen LogP contribution in [0.3, 0.4) is 0 Å². The van der Waals surface area contributed by atoms with E-state index in [4.69, 9.17) is 28.4 Å². The van der Waals surface area contributed by atoms with Crippen molar-refractivity contribution in [1.29, 1.82) is 0 Å². The standard InChI is InChI=1S/C31H59NO8/c1-7-12-16-35-22-27-28(36-17-13-8-2)29(37-18-14-9-3)30(38-19-15-10-4)31(40-27)39-21-25-26(34)20-24(11-5)32(25)23(6)33/h24-31,34H,7-22H2,1-6H3/t24-,25-,26+,27?,28?,29?,30-,31?/m0/s1. The van der Waals surface area contributed by atoms with Crippen molar-refractivity contribution < 1.29 is 38.3 Å². The Morgan fingerprint density at radius 3 is 1.88 bits per heavy atom. The van der Waals surface area contributed by atoms with Crippen LogP contribution in [0.25, 0.3) is 0 Å². The van der Waals surface area contributed by atoms with E-state index in [1.807, 2.05) is 6.92 Å². The van der Waals surface area contributed by atoms with Crippen molar-refractivity contribution in [1.82, 2.24) is 4.90 Å². The van der Waals surface area contributed by atoms with Crippen molar-refractivity contribution >= 4 is 5.91 Å². The van der Waals surface area contributed by atoms with Crippen molar-refractivity contribution in [2.45, 2.75) is 155 Å². The Balaban J connectivity index is 2.30. The average molecular weight is 574 g/mol. The molecule has 40 heavy (non-hydrogen) atoms. The molecule has 2 aliphatic rings. The number of hydrogen-bond donors (Lipinski definition) is 1. The summed E-state index contributed by atoms with van der Waals surface area (Å²) in [5.41, 5.74) is 0. The second-order valence-corrected chi connectivity index (χ2v) is 11.2. The summed E-state index contributed by atoms with van der Waals surface area (Å²) in [6.45, 7) is 15.1. The molecule has 0 aromatic heterocycles. The minimum absolute atomic E-state index is 0.00570. The molecule has 1 N–H and O–H groups in total. The number of likely N-dealkylation sites (tertiary alicyclic amines) is 1. The molecule has 236 valence electrons. The Morgan fingerprint density at radius 2 is 1.32 bits per heavy atom. The van der Waals surface area contributed by atoms with E-state index in [9.17, 15) is 9.90 Å². The molecule has 4 unspecified atom stereocenters. The number of aliphatic hydroxyl groups excluding tert-OH is 1. The van der Waals surface area contributed by atoms with E-state index in [1.165, 1.54) is 0 Å². The lowest BCUT2D eigenvalue weighted by Crippen LogP contribution is -2.62. The summed E-state index contributed by atoms with van der Waals surface area (Å²) >= 11 is 0. The molecule has 0 aromatic carbocycles. The summed E-state index contributed by atoms with van der Waals surface area (Å²) in [5, 5.41) is 10.8. The third-order valence-electron chi connectivity index (χ3n) is 7.91. The number of nitrogens with zero attached hydrogens (tertiary/aromatic N) is 1. The van der Waals surface area contributed by atoms with Gasteiger partial charge in [0.15, 0.2) is 6.29 Å². The zero-order valence-electron chi connectivity index (χ0n) is 26.2. The van der Waals surface area contributed by atoms with Gasteiger partial charge in [-0.05, 0) is 38.5 Å². The number of ether oxygens (including phenoxy) is 6. The van der Waals surface area contributed by atoms with Crippen molar-refractivity contribution in [3.05, 3.63) is 0 Å². The van der Waals surface area contributed by atoms with Gasteiger partial charge in [-0.3, -0.25) is 4.79 Å². The number of amides is 1. The highest BCUT2D eigenvalue weighted by Crippen LogP contribution is 2.32. The molecule has 2 heterocycles. The second-order valence-electron chi connectivity index (χ2n) is 11.2. The van der Waals surface area contributed by atoms with Gasteiger partial charge in [0.25, 0.3) is 0 Å². The van der Waals surface area contributed by atoms with Gasteiger partial charge < -0.3 is 38.4 Å². The van der Waals surface area contributed by atoms with Crippen LogP contribution >= 0.6 is 0 Å². The zero-order chi connectivity index (χ0) is 29.3. The van der Waals surface area contributed by atoms with E-state index in [0.29, 0.717) is 39.5 Å². The van der Waals surface area contributed by atoms with E-state index in [1.54, 1.807) is 11.8 Å². The second kappa shape index (κ2) is 20.2. The first kappa shape index (κ1) is 35.4. The molecule has 1 amide bonds. The van der Waals surface area contributed by atoms with Gasteiger partial charge >= 0.3 is 0 Å². The average Bonchev–Trinajstić information content (AvgIpc) is 3.27. The van der Waals surface area contributed by atoms with Gasteiger partial charge in [-0.1, -0.05) is 60.3 Å². The molecule has 0 saturated carbocycles. The molecular weight excluding hydrogens is 514 g/mol. The van der Waals surface area contributed by atoms with Crippen LogP contribution < -0.4 is 0 Å². The highest BCUT2D eigenvalue weighted by molar-refractivity contribution is 5.74. The van der Waals surface area contributed by atoms with Gasteiger partial charge in [0.2, 0.25) is 5.91 Å². The number of carbonyl (C=O) groups is 1. The Morgan fingerprint density at radius 1 is 0.775 bits per heavy atom. The van der Waals surface area contributed by atoms with Gasteiger partial charge in [0, 0.05) is 39.4 Å². The summed E-state index contributed by atoms with van der Waals surface area (Å²) in [6, 6.07) is -0.425. The fraction of sp³-hybridized carbons (Fsp3) is 0.968. The normalized spacial score (nSPS) is 30.7. The van der Waals surface area contributed by atoms with E-state index >= 15 is 0 Å². The summed E-state index contributed by atoms with van der Waals surface area (Å²) < 4.78 is 38.4. The fourth-order valence-electron chi connectivity index (χ4n) is 5.50. The lowest BCUT2D eigenvalue weighted by Gasteiger charge is -2.46. The first-order valence-corrected chi connectivity index (χ1v) is 16.1. The quantitative estimate of drug-likeness (QED) is 0.195. The van der Waals surface area contributed by atoms with Gasteiger partial charge in [-0.2, -0.15) is 0 Å². The Hall–Kier alpha value is -0.810. The summed E-state index contributed by atoms with van der Waals surface area (Å²) in [5.74, 6) is -0.0512. The first-order valence-electron chi connectivity index (χ1n) is 16.1. The lowest BCUT2D eigenvalue weighted by atomic mass is 9.98. The Labute approximate surface area is 243 Å². The minimum atomic E-state index is -0.740. The third-order valence-corrected chi connectivity index (χ3v) is 7.91. The van der Waals surface area contributed by atoms with Crippen LogP contribution in [-0.4, -0.2) is 104 Å². The van der Waals surface area contributed by atoms with Crippen molar-refractivity contribution in [3.8, 4) is 0 Å². The molecule has 9 heteroatoms. The number of hydrogen-bond acceptors (Lipinski definition) is 8. The number of rotatable bonds is 21. The van der Waals surface area contributed by atoms with Crippen LogP contribution in [0.1, 0.15) is 106 Å². The zero-order valence-corrected chi connectivity index (χ0v) is 26.2. The molecule has 2 rings (SSSR count).